The van der Waals surface area contributed by atoms with E-state index in [0.29, 0.717) is 40.3 Å². The van der Waals surface area contributed by atoms with Gasteiger partial charge >= 0.3 is 0 Å². The molecule has 2 aromatic carbocycles. The minimum atomic E-state index is -0.136. The molecule has 0 aliphatic carbocycles. The highest BCUT2D eigenvalue weighted by Crippen LogP contribution is 2.32. The van der Waals surface area contributed by atoms with E-state index in [2.05, 4.69) is 51.1 Å². The molecule has 2 N–H and O–H groups in total. The molecular weight excluding hydrogens is 534 g/mol. The molecule has 0 amide bonds. The van der Waals surface area contributed by atoms with Gasteiger partial charge in [0.1, 0.15) is 5.65 Å². The predicted molar refractivity (Wildman–Crippen MR) is 168 cm³/mol. The summed E-state index contributed by atoms with van der Waals surface area (Å²) in [6, 6.07) is 18.5. The maximum absolute atomic E-state index is 13.6. The molecule has 0 unspecified atom stereocenters. The van der Waals surface area contributed by atoms with Crippen LogP contribution in [0.1, 0.15) is 20.8 Å². The number of H-pyrrole nitrogens is 1. The molecule has 1 aliphatic heterocycles. The Labute approximate surface area is 244 Å². The third kappa shape index (κ3) is 5.45. The lowest BCUT2D eigenvalue weighted by Gasteiger charge is -2.38. The number of benzene rings is 2. The standard InChI is InChI=1S/C32H34ClN7O/c1-4-40-30-24(17-28(31(40)41)27-10-5-22(18-29(27)33)23-11-12-34-19-23)20-35-32(37-30)36-25-6-8-26(9-7-25)39-15-13-38(14-16-39)21(2)3/h5-12,17-21,34H,4,13-16H2,1-3H3,(H,35,36,37). The zero-order valence-electron chi connectivity index (χ0n) is 23.6. The molecule has 1 saturated heterocycles. The van der Waals surface area contributed by atoms with Crippen LogP contribution in [0.3, 0.4) is 0 Å². The number of hydrogen-bond donors (Lipinski definition) is 2. The first-order chi connectivity index (χ1) is 19.9. The number of halogens is 1. The Morgan fingerprint density at radius 2 is 1.76 bits per heavy atom. The summed E-state index contributed by atoms with van der Waals surface area (Å²) in [5, 5.41) is 4.60. The summed E-state index contributed by atoms with van der Waals surface area (Å²) in [5.74, 6) is 0.444. The molecular formula is C32H34ClN7O. The van der Waals surface area contributed by atoms with Crippen molar-refractivity contribution in [2.75, 3.05) is 36.4 Å². The van der Waals surface area contributed by atoms with E-state index in [4.69, 9.17) is 16.6 Å². The van der Waals surface area contributed by atoms with E-state index in [0.717, 1.165) is 48.4 Å². The summed E-state index contributed by atoms with van der Waals surface area (Å²) in [6.07, 6.45) is 5.54. The number of nitrogens with zero attached hydrogens (tertiary/aromatic N) is 5. The van der Waals surface area contributed by atoms with Crippen molar-refractivity contribution < 1.29 is 0 Å². The van der Waals surface area contributed by atoms with Crippen LogP contribution in [0.2, 0.25) is 5.02 Å². The molecule has 6 rings (SSSR count). The maximum atomic E-state index is 13.6. The smallest absolute Gasteiger partial charge is 0.260 e. The molecule has 0 bridgehead atoms. The topological polar surface area (TPSA) is 82.1 Å². The predicted octanol–water partition coefficient (Wildman–Crippen LogP) is 6.40. The fourth-order valence-electron chi connectivity index (χ4n) is 5.50. The zero-order chi connectivity index (χ0) is 28.5. The first-order valence-electron chi connectivity index (χ1n) is 14.1. The lowest BCUT2D eigenvalue weighted by atomic mass is 10.0. The van der Waals surface area contributed by atoms with Crippen molar-refractivity contribution in [2.45, 2.75) is 33.4 Å². The maximum Gasteiger partial charge on any atom is 0.260 e. The van der Waals surface area contributed by atoms with Crippen LogP contribution in [0.15, 0.2) is 78.0 Å². The van der Waals surface area contributed by atoms with E-state index >= 15 is 0 Å². The van der Waals surface area contributed by atoms with E-state index in [1.807, 2.05) is 61.8 Å². The lowest BCUT2D eigenvalue weighted by Crippen LogP contribution is -2.48. The summed E-state index contributed by atoms with van der Waals surface area (Å²) in [4.78, 5) is 30.9. The van der Waals surface area contributed by atoms with Crippen LogP contribution in [-0.4, -0.2) is 56.6 Å². The number of fused-ring (bicyclic) bond motifs is 1. The van der Waals surface area contributed by atoms with Crippen molar-refractivity contribution in [1.29, 1.82) is 0 Å². The van der Waals surface area contributed by atoms with Crippen LogP contribution in [0.5, 0.6) is 0 Å². The van der Waals surface area contributed by atoms with Crippen molar-refractivity contribution >= 4 is 40.0 Å². The second kappa shape index (κ2) is 11.4. The number of aromatic amines is 1. The molecule has 1 fully saturated rings. The van der Waals surface area contributed by atoms with Crippen LogP contribution >= 0.6 is 11.6 Å². The Morgan fingerprint density at radius 3 is 2.41 bits per heavy atom. The number of rotatable bonds is 7. The molecule has 5 aromatic rings. The molecule has 0 radical (unpaired) electrons. The minimum absolute atomic E-state index is 0.136. The molecule has 0 saturated carbocycles. The van der Waals surface area contributed by atoms with Crippen LogP contribution in [0.25, 0.3) is 33.3 Å². The van der Waals surface area contributed by atoms with Crippen LogP contribution in [-0.2, 0) is 6.54 Å². The van der Waals surface area contributed by atoms with Gasteiger partial charge in [-0.3, -0.25) is 14.3 Å². The Kier molecular flexibility index (Phi) is 7.51. The Bertz CT molecular complexity index is 1720. The van der Waals surface area contributed by atoms with Crippen molar-refractivity contribution in [2.24, 2.45) is 0 Å². The van der Waals surface area contributed by atoms with Crippen molar-refractivity contribution in [1.82, 2.24) is 24.4 Å². The van der Waals surface area contributed by atoms with E-state index in [9.17, 15) is 4.79 Å². The van der Waals surface area contributed by atoms with E-state index in [1.165, 1.54) is 5.69 Å². The molecule has 41 heavy (non-hydrogen) atoms. The zero-order valence-corrected chi connectivity index (χ0v) is 24.3. The Morgan fingerprint density at radius 1 is 0.976 bits per heavy atom. The molecule has 1 aliphatic rings. The second-order valence-electron chi connectivity index (χ2n) is 10.7. The number of anilines is 3. The molecule has 210 valence electrons. The highest BCUT2D eigenvalue weighted by Gasteiger charge is 2.19. The van der Waals surface area contributed by atoms with Gasteiger partial charge in [0.2, 0.25) is 5.95 Å². The average molecular weight is 568 g/mol. The third-order valence-corrected chi connectivity index (χ3v) is 8.18. The number of aryl methyl sites for hydroxylation is 1. The van der Waals surface area contributed by atoms with Gasteiger partial charge in [0.05, 0.1) is 0 Å². The molecule has 4 heterocycles. The Balaban J connectivity index is 1.24. The van der Waals surface area contributed by atoms with Crippen molar-refractivity contribution in [3.63, 3.8) is 0 Å². The third-order valence-electron chi connectivity index (χ3n) is 7.87. The number of aromatic nitrogens is 4. The van der Waals surface area contributed by atoms with E-state index in [-0.39, 0.29) is 5.56 Å². The molecule has 8 nitrogen and oxygen atoms in total. The second-order valence-corrected chi connectivity index (χ2v) is 11.1. The SMILES string of the molecule is CCn1c(=O)c(-c2ccc(-c3cc[nH]c3)cc2Cl)cc2cnc(Nc3ccc(N4CCN(C(C)C)CC4)cc3)nc21. The first kappa shape index (κ1) is 27.1. The Hall–Kier alpha value is -4.14. The number of nitrogens with one attached hydrogen (secondary N) is 2. The fraction of sp³-hybridized carbons (Fsp3) is 0.281. The average Bonchev–Trinajstić information content (AvgIpc) is 3.53. The first-order valence-corrected chi connectivity index (χ1v) is 14.5. The summed E-state index contributed by atoms with van der Waals surface area (Å²) in [7, 11) is 0. The minimum Gasteiger partial charge on any atom is -0.369 e. The summed E-state index contributed by atoms with van der Waals surface area (Å²) in [6.45, 7) is 11.1. The number of hydrogen-bond acceptors (Lipinski definition) is 6. The van der Waals surface area contributed by atoms with Gasteiger partial charge in [-0.1, -0.05) is 23.7 Å². The van der Waals surface area contributed by atoms with Crippen molar-refractivity contribution in [3.05, 3.63) is 88.6 Å². The molecule has 9 heteroatoms. The van der Waals surface area contributed by atoms with Gasteiger partial charge in [-0.15, -0.1) is 0 Å². The normalized spacial score (nSPS) is 14.2. The molecule has 0 spiro atoms. The highest BCUT2D eigenvalue weighted by atomic mass is 35.5. The van der Waals surface area contributed by atoms with Gasteiger partial charge in [0.25, 0.3) is 5.56 Å². The quantitative estimate of drug-likeness (QED) is 0.237. The number of piperazine rings is 1. The van der Waals surface area contributed by atoms with Gasteiger partial charge in [-0.2, -0.15) is 4.98 Å². The van der Waals surface area contributed by atoms with Gasteiger partial charge in [0, 0.05) is 90.3 Å². The monoisotopic (exact) mass is 567 g/mol. The van der Waals surface area contributed by atoms with E-state index < -0.39 is 0 Å². The largest absolute Gasteiger partial charge is 0.369 e. The fourth-order valence-corrected chi connectivity index (χ4v) is 5.79. The van der Waals surface area contributed by atoms with Gasteiger partial charge in [0.15, 0.2) is 0 Å². The van der Waals surface area contributed by atoms with Crippen LogP contribution in [0.4, 0.5) is 17.3 Å². The highest BCUT2D eigenvalue weighted by molar-refractivity contribution is 6.33. The molecule has 0 atom stereocenters. The lowest BCUT2D eigenvalue weighted by molar-refractivity contribution is 0.209. The van der Waals surface area contributed by atoms with Crippen LogP contribution in [0, 0.1) is 0 Å². The van der Waals surface area contributed by atoms with Gasteiger partial charge in [-0.05, 0) is 74.4 Å². The van der Waals surface area contributed by atoms with Gasteiger partial charge < -0.3 is 15.2 Å². The van der Waals surface area contributed by atoms with Gasteiger partial charge in [-0.25, -0.2) is 4.98 Å². The number of pyridine rings is 1. The van der Waals surface area contributed by atoms with Crippen LogP contribution < -0.4 is 15.8 Å². The van der Waals surface area contributed by atoms with Crippen molar-refractivity contribution in [3.8, 4) is 22.3 Å². The summed E-state index contributed by atoms with van der Waals surface area (Å²) < 4.78 is 1.67. The summed E-state index contributed by atoms with van der Waals surface area (Å²) >= 11 is 6.69. The molecule has 3 aromatic heterocycles. The van der Waals surface area contributed by atoms with E-state index in [1.54, 1.807) is 10.8 Å². The summed E-state index contributed by atoms with van der Waals surface area (Å²) in [5.41, 5.74) is 5.79.